The Balaban J connectivity index is 2.00. The van der Waals surface area contributed by atoms with E-state index in [1.54, 1.807) is 0 Å². The Hall–Kier alpha value is -1.51. The number of carbonyl (C=O) groups excluding carboxylic acids is 1. The summed E-state index contributed by atoms with van der Waals surface area (Å²) in [5.74, 6) is 1.28. The molecule has 0 fully saturated rings. The maximum atomic E-state index is 12.5. The molecule has 0 aromatic heterocycles. The minimum absolute atomic E-state index is 0.0187. The molecule has 0 aliphatic carbocycles. The Morgan fingerprint density at radius 3 is 1.87 bits per heavy atom. The molecule has 0 unspecified atom stereocenters. The van der Waals surface area contributed by atoms with Gasteiger partial charge in [0, 0.05) is 6.54 Å². The van der Waals surface area contributed by atoms with Crippen molar-refractivity contribution in [1.29, 1.82) is 0 Å². The minimum Gasteiger partial charge on any atom is -0.493 e. The van der Waals surface area contributed by atoms with Gasteiger partial charge in [0.1, 0.15) is 5.75 Å². The zero-order chi connectivity index (χ0) is 22.6. The molecule has 0 saturated carbocycles. The van der Waals surface area contributed by atoms with Gasteiger partial charge >= 0.3 is 0 Å². The van der Waals surface area contributed by atoms with Crippen LogP contribution in [0.15, 0.2) is 24.3 Å². The van der Waals surface area contributed by atoms with Crippen molar-refractivity contribution in [1.82, 2.24) is 5.32 Å². The first-order valence-electron chi connectivity index (χ1n) is 13.1. The summed E-state index contributed by atoms with van der Waals surface area (Å²) in [7, 11) is 0. The minimum atomic E-state index is -0.0187. The van der Waals surface area contributed by atoms with Gasteiger partial charge in [0.15, 0.2) is 0 Å². The molecule has 1 N–H and O–H groups in total. The first-order valence-corrected chi connectivity index (χ1v) is 13.1. The zero-order valence-corrected chi connectivity index (χ0v) is 20.7. The highest BCUT2D eigenvalue weighted by Gasteiger charge is 2.11. The first kappa shape index (κ1) is 27.5. The van der Waals surface area contributed by atoms with Crippen LogP contribution in [0.5, 0.6) is 5.75 Å². The van der Waals surface area contributed by atoms with Crippen molar-refractivity contribution in [2.24, 2.45) is 5.92 Å². The largest absolute Gasteiger partial charge is 0.493 e. The van der Waals surface area contributed by atoms with Crippen molar-refractivity contribution in [2.45, 2.75) is 117 Å². The first-order chi connectivity index (χ1) is 15.1. The lowest BCUT2D eigenvalue weighted by Crippen LogP contribution is -2.25. The summed E-state index contributed by atoms with van der Waals surface area (Å²) in [6.07, 6.45) is 19.9. The van der Waals surface area contributed by atoms with E-state index in [2.05, 4.69) is 26.1 Å². The second kappa shape index (κ2) is 19.2. The van der Waals surface area contributed by atoms with Crippen LogP contribution in [-0.4, -0.2) is 19.1 Å². The fraction of sp³-hybridized carbons (Fsp3) is 0.750. The molecule has 31 heavy (non-hydrogen) atoms. The number of para-hydroxylation sites is 1. The molecule has 3 heteroatoms. The zero-order valence-electron chi connectivity index (χ0n) is 20.7. The average Bonchev–Trinajstić information content (AvgIpc) is 2.76. The number of carbonyl (C=O) groups is 1. The molecular weight excluding hydrogens is 382 g/mol. The number of hydrogen-bond donors (Lipinski definition) is 1. The normalized spacial score (nSPS) is 11.1. The summed E-state index contributed by atoms with van der Waals surface area (Å²) in [5.41, 5.74) is 0.650. The van der Waals surface area contributed by atoms with Crippen molar-refractivity contribution >= 4 is 5.91 Å². The van der Waals surface area contributed by atoms with Crippen LogP contribution in [0, 0.1) is 5.92 Å². The van der Waals surface area contributed by atoms with Crippen molar-refractivity contribution in [3.63, 3.8) is 0 Å². The summed E-state index contributed by atoms with van der Waals surface area (Å²) in [6, 6.07) is 7.57. The molecule has 0 atom stereocenters. The van der Waals surface area contributed by atoms with Gasteiger partial charge in [0.25, 0.3) is 5.91 Å². The van der Waals surface area contributed by atoms with E-state index in [1.165, 1.54) is 83.5 Å². The summed E-state index contributed by atoms with van der Waals surface area (Å²) in [5, 5.41) is 3.06. The van der Waals surface area contributed by atoms with Crippen LogP contribution in [0.1, 0.15) is 127 Å². The van der Waals surface area contributed by atoms with Gasteiger partial charge in [-0.15, -0.1) is 0 Å². The van der Waals surface area contributed by atoms with Gasteiger partial charge in [-0.05, 0) is 30.9 Å². The van der Waals surface area contributed by atoms with Gasteiger partial charge in [-0.2, -0.15) is 0 Å². The SMILES string of the molecule is CCCCCCCCCCCCCCCCNC(=O)c1ccccc1OCCC(C)C. The molecule has 178 valence electrons. The number of hydrogen-bond acceptors (Lipinski definition) is 2. The van der Waals surface area contributed by atoms with Gasteiger partial charge in [-0.25, -0.2) is 0 Å². The van der Waals surface area contributed by atoms with E-state index in [0.717, 1.165) is 19.4 Å². The molecule has 0 bridgehead atoms. The third-order valence-electron chi connectivity index (χ3n) is 5.90. The average molecular weight is 432 g/mol. The quantitative estimate of drug-likeness (QED) is 0.211. The highest BCUT2D eigenvalue weighted by molar-refractivity contribution is 5.96. The van der Waals surface area contributed by atoms with Gasteiger partial charge in [-0.3, -0.25) is 4.79 Å². The number of rotatable bonds is 20. The molecule has 1 amide bonds. The predicted molar refractivity (Wildman–Crippen MR) is 134 cm³/mol. The molecule has 0 aliphatic rings. The second-order valence-corrected chi connectivity index (χ2v) is 9.38. The van der Waals surface area contributed by atoms with E-state index >= 15 is 0 Å². The number of nitrogens with one attached hydrogen (secondary N) is 1. The summed E-state index contributed by atoms with van der Waals surface area (Å²) < 4.78 is 5.84. The van der Waals surface area contributed by atoms with Gasteiger partial charge in [0.2, 0.25) is 0 Å². The van der Waals surface area contributed by atoms with Crippen LogP contribution in [0.4, 0.5) is 0 Å². The Morgan fingerprint density at radius 1 is 0.806 bits per heavy atom. The molecule has 1 aromatic carbocycles. The Bertz CT molecular complexity index is 556. The molecule has 1 rings (SSSR count). The molecule has 3 nitrogen and oxygen atoms in total. The van der Waals surface area contributed by atoms with E-state index < -0.39 is 0 Å². The molecular formula is C28H49NO2. The van der Waals surface area contributed by atoms with Crippen molar-refractivity contribution < 1.29 is 9.53 Å². The molecule has 0 aliphatic heterocycles. The number of amides is 1. The smallest absolute Gasteiger partial charge is 0.255 e. The molecule has 1 aromatic rings. The monoisotopic (exact) mass is 431 g/mol. The highest BCUT2D eigenvalue weighted by atomic mass is 16.5. The lowest BCUT2D eigenvalue weighted by Gasteiger charge is -2.12. The van der Waals surface area contributed by atoms with Gasteiger partial charge < -0.3 is 10.1 Å². The van der Waals surface area contributed by atoms with Crippen LogP contribution in [-0.2, 0) is 0 Å². The maximum absolute atomic E-state index is 12.5. The second-order valence-electron chi connectivity index (χ2n) is 9.38. The van der Waals surface area contributed by atoms with E-state index in [9.17, 15) is 4.79 Å². The van der Waals surface area contributed by atoms with Crippen LogP contribution in [0.25, 0.3) is 0 Å². The molecule has 0 heterocycles. The topological polar surface area (TPSA) is 38.3 Å². The van der Waals surface area contributed by atoms with Crippen LogP contribution < -0.4 is 10.1 Å². The van der Waals surface area contributed by atoms with Crippen molar-refractivity contribution in [2.75, 3.05) is 13.2 Å². The van der Waals surface area contributed by atoms with Gasteiger partial charge in [-0.1, -0.05) is 116 Å². The van der Waals surface area contributed by atoms with E-state index in [4.69, 9.17) is 4.74 Å². The summed E-state index contributed by atoms with van der Waals surface area (Å²) in [4.78, 5) is 12.5. The Labute approximate surface area is 192 Å². The van der Waals surface area contributed by atoms with E-state index in [1.807, 2.05) is 24.3 Å². The Kier molecular flexibility index (Phi) is 17.0. The predicted octanol–water partition coefficient (Wildman–Crippen LogP) is 8.32. The lowest BCUT2D eigenvalue weighted by molar-refractivity contribution is 0.0948. The van der Waals surface area contributed by atoms with Crippen LogP contribution >= 0.6 is 0 Å². The summed E-state index contributed by atoms with van der Waals surface area (Å²) in [6.45, 7) is 8.04. The standard InChI is InChI=1S/C28H49NO2/c1-4-5-6-7-8-9-10-11-12-13-14-15-16-19-23-29-28(30)26-20-17-18-21-27(26)31-24-22-25(2)3/h17-18,20-21,25H,4-16,19,22-24H2,1-3H3,(H,29,30). The van der Waals surface area contributed by atoms with Gasteiger partial charge in [0.05, 0.1) is 12.2 Å². The van der Waals surface area contributed by atoms with Crippen molar-refractivity contribution in [3.05, 3.63) is 29.8 Å². The van der Waals surface area contributed by atoms with Crippen LogP contribution in [0.3, 0.4) is 0 Å². The number of ether oxygens (including phenoxy) is 1. The lowest BCUT2D eigenvalue weighted by atomic mass is 10.0. The Morgan fingerprint density at radius 2 is 1.32 bits per heavy atom. The van der Waals surface area contributed by atoms with Crippen LogP contribution in [0.2, 0.25) is 0 Å². The van der Waals surface area contributed by atoms with E-state index in [-0.39, 0.29) is 5.91 Å². The molecule has 0 radical (unpaired) electrons. The number of unbranched alkanes of at least 4 members (excludes halogenated alkanes) is 13. The molecule has 0 spiro atoms. The molecule has 0 saturated heterocycles. The fourth-order valence-corrected chi connectivity index (χ4v) is 3.80. The highest BCUT2D eigenvalue weighted by Crippen LogP contribution is 2.19. The summed E-state index contributed by atoms with van der Waals surface area (Å²) >= 11 is 0. The fourth-order valence-electron chi connectivity index (χ4n) is 3.80. The number of benzene rings is 1. The maximum Gasteiger partial charge on any atom is 0.255 e. The van der Waals surface area contributed by atoms with Crippen molar-refractivity contribution in [3.8, 4) is 5.75 Å². The van der Waals surface area contributed by atoms with E-state index in [0.29, 0.717) is 23.8 Å². The third-order valence-corrected chi connectivity index (χ3v) is 5.90. The third kappa shape index (κ3) is 15.0.